The van der Waals surface area contributed by atoms with Gasteiger partial charge in [-0.15, -0.1) is 0 Å². The summed E-state index contributed by atoms with van der Waals surface area (Å²) in [6, 6.07) is 6.94. The van der Waals surface area contributed by atoms with E-state index >= 15 is 0 Å². The summed E-state index contributed by atoms with van der Waals surface area (Å²) in [6.07, 6.45) is 5.63. The predicted octanol–water partition coefficient (Wildman–Crippen LogP) is 3.54. The summed E-state index contributed by atoms with van der Waals surface area (Å²) in [7, 11) is -2.93. The van der Waals surface area contributed by atoms with E-state index in [0.29, 0.717) is 70.6 Å². The number of piperidine rings is 1. The van der Waals surface area contributed by atoms with Gasteiger partial charge in [-0.1, -0.05) is 39.0 Å². The molecule has 0 saturated carbocycles. The van der Waals surface area contributed by atoms with E-state index in [9.17, 15) is 27.6 Å². The first-order chi connectivity index (χ1) is 22.9. The number of hydrogen-bond acceptors (Lipinski definition) is 8. The lowest BCUT2D eigenvalue weighted by molar-refractivity contribution is -0.157. The fraction of sp³-hybridized carbons (Fsp3) is 0.676. The van der Waals surface area contributed by atoms with Crippen LogP contribution in [0.1, 0.15) is 89.6 Å². The van der Waals surface area contributed by atoms with Crippen molar-refractivity contribution >= 4 is 39.1 Å². The molecule has 3 atom stereocenters. The minimum atomic E-state index is -2.93. The molecule has 5 rings (SSSR count). The Morgan fingerprint density at radius 1 is 0.939 bits per heavy atom. The van der Waals surface area contributed by atoms with Crippen LogP contribution in [0.3, 0.4) is 0 Å². The van der Waals surface area contributed by atoms with E-state index in [1.54, 1.807) is 4.90 Å². The molecule has 0 bridgehead atoms. The highest BCUT2D eigenvalue weighted by Gasteiger charge is 2.52. The van der Waals surface area contributed by atoms with Crippen LogP contribution in [-0.4, -0.2) is 116 Å². The number of allylic oxidation sites excluding steroid dienone is 2. The summed E-state index contributed by atoms with van der Waals surface area (Å²) < 4.78 is 28.8. The van der Waals surface area contributed by atoms with E-state index in [-0.39, 0.29) is 40.1 Å². The van der Waals surface area contributed by atoms with Gasteiger partial charge in [-0.25, -0.2) is 13.2 Å². The topological polar surface area (TPSA) is 133 Å². The van der Waals surface area contributed by atoms with E-state index in [0.717, 1.165) is 18.4 Å². The van der Waals surface area contributed by atoms with Gasteiger partial charge in [0.2, 0.25) is 5.91 Å². The smallest absolute Gasteiger partial charge is 0.338 e. The summed E-state index contributed by atoms with van der Waals surface area (Å²) in [4.78, 5) is 58.2. The first kappa shape index (κ1) is 37.0. The molecule has 3 amide bonds. The van der Waals surface area contributed by atoms with Crippen LogP contribution in [0.4, 0.5) is 0 Å². The number of esters is 1. The second kappa shape index (κ2) is 14.2. The number of ether oxygens (including phenoxy) is 1. The molecule has 49 heavy (non-hydrogen) atoms. The van der Waals surface area contributed by atoms with Gasteiger partial charge in [0.05, 0.1) is 17.1 Å². The minimum Gasteiger partial charge on any atom is -0.456 e. The number of amides is 3. The van der Waals surface area contributed by atoms with Crippen molar-refractivity contribution in [1.29, 1.82) is 0 Å². The third-order valence-electron chi connectivity index (χ3n) is 10.9. The van der Waals surface area contributed by atoms with Gasteiger partial charge in [-0.3, -0.25) is 14.4 Å². The average molecular weight is 699 g/mol. The first-order valence-corrected chi connectivity index (χ1v) is 19.6. The van der Waals surface area contributed by atoms with E-state index in [2.05, 4.69) is 37.1 Å². The molecule has 11 nitrogen and oxygen atoms in total. The van der Waals surface area contributed by atoms with Gasteiger partial charge in [0.15, 0.2) is 9.84 Å². The van der Waals surface area contributed by atoms with Crippen molar-refractivity contribution in [3.05, 3.63) is 41.5 Å². The van der Waals surface area contributed by atoms with Gasteiger partial charge in [-0.05, 0) is 99.4 Å². The number of carbonyl (C=O) groups excluding carboxylic acids is 4. The van der Waals surface area contributed by atoms with Crippen molar-refractivity contribution in [2.45, 2.75) is 85.3 Å². The number of nitrogens with one attached hydrogen (secondary N) is 1. The van der Waals surface area contributed by atoms with Crippen LogP contribution in [0, 0.1) is 16.7 Å². The zero-order valence-electron chi connectivity index (χ0n) is 30.0. The van der Waals surface area contributed by atoms with Crippen LogP contribution in [0.15, 0.2) is 30.3 Å². The standard InChI is InChI=1S/C37H54N4O7S/c1-35(2,3)48-34(45)27-12-10-26(11-13-27)28-14-16-37(6)25-40(20-15-30(37)36(28,4)5)32(43)33(44)41-19-7-9-29(41)31(42)38-17-8-18-39-21-23-49(46,47)24-22-39/h10-14,29-30H,7-9,15-25H2,1-6H3,(H,38,42)/t29-,30-,37+/m0/s1. The third kappa shape index (κ3) is 8.39. The van der Waals surface area contributed by atoms with Crippen LogP contribution in [0.2, 0.25) is 0 Å². The lowest BCUT2D eigenvalue weighted by atomic mass is 9.53. The van der Waals surface area contributed by atoms with Gasteiger partial charge >= 0.3 is 17.8 Å². The molecule has 270 valence electrons. The maximum Gasteiger partial charge on any atom is 0.338 e. The van der Waals surface area contributed by atoms with Gasteiger partial charge in [0.25, 0.3) is 0 Å². The van der Waals surface area contributed by atoms with E-state index in [1.165, 1.54) is 10.5 Å². The molecule has 1 N–H and O–H groups in total. The Bertz CT molecular complexity index is 1570. The molecule has 0 spiro atoms. The second-order valence-corrected chi connectivity index (χ2v) is 18.4. The Morgan fingerprint density at radius 3 is 2.27 bits per heavy atom. The van der Waals surface area contributed by atoms with Crippen LogP contribution in [0.25, 0.3) is 5.57 Å². The predicted molar refractivity (Wildman–Crippen MR) is 188 cm³/mol. The monoisotopic (exact) mass is 698 g/mol. The first-order valence-electron chi connectivity index (χ1n) is 17.7. The summed E-state index contributed by atoms with van der Waals surface area (Å²) >= 11 is 0. The van der Waals surface area contributed by atoms with E-state index < -0.39 is 33.3 Å². The average Bonchev–Trinajstić information content (AvgIpc) is 3.52. The van der Waals surface area contributed by atoms with Gasteiger partial charge in [-0.2, -0.15) is 0 Å². The number of hydrogen-bond donors (Lipinski definition) is 1. The highest BCUT2D eigenvalue weighted by atomic mass is 32.2. The SMILES string of the molecule is CC(C)(C)OC(=O)c1ccc(C2=CC[C@]3(C)CN(C(=O)C(=O)N4CCC[C@H]4C(=O)NCCCN4CCS(=O)(=O)CC4)CC[C@H]3C2(C)C)cc1. The number of rotatable bonds is 7. The Kier molecular flexibility index (Phi) is 10.7. The van der Waals surface area contributed by atoms with E-state index in [4.69, 9.17) is 4.74 Å². The van der Waals surface area contributed by atoms with Crippen LogP contribution < -0.4 is 5.32 Å². The normalized spacial score (nSPS) is 26.8. The second-order valence-electron chi connectivity index (χ2n) is 16.1. The van der Waals surface area contributed by atoms with Crippen LogP contribution >= 0.6 is 0 Å². The Morgan fingerprint density at radius 2 is 1.61 bits per heavy atom. The van der Waals surface area contributed by atoms with Crippen molar-refractivity contribution in [3.63, 3.8) is 0 Å². The van der Waals surface area contributed by atoms with Crippen LogP contribution in [0.5, 0.6) is 0 Å². The molecule has 0 unspecified atom stereocenters. The maximum absolute atomic E-state index is 13.7. The molecular weight excluding hydrogens is 644 g/mol. The number of sulfone groups is 1. The lowest BCUT2D eigenvalue weighted by Gasteiger charge is -2.55. The molecule has 3 heterocycles. The van der Waals surface area contributed by atoms with E-state index in [1.807, 2.05) is 45.0 Å². The quantitative estimate of drug-likeness (QED) is 0.260. The number of benzene rings is 1. The van der Waals surface area contributed by atoms with Crippen molar-refractivity contribution < 1.29 is 32.3 Å². The van der Waals surface area contributed by atoms with Crippen molar-refractivity contribution in [2.75, 3.05) is 57.3 Å². The lowest BCUT2D eigenvalue weighted by Crippen LogP contribution is -2.58. The highest BCUT2D eigenvalue weighted by Crippen LogP contribution is 2.57. The molecule has 1 aliphatic carbocycles. The summed E-state index contributed by atoms with van der Waals surface area (Å²) in [5.41, 5.74) is 1.80. The van der Waals surface area contributed by atoms with Crippen molar-refractivity contribution in [3.8, 4) is 0 Å². The Hall–Kier alpha value is -3.25. The zero-order chi connectivity index (χ0) is 35.8. The molecule has 1 aromatic rings. The molecule has 12 heteroatoms. The number of fused-ring (bicyclic) bond motifs is 1. The Labute approximate surface area is 291 Å². The molecule has 3 saturated heterocycles. The molecule has 4 aliphatic rings. The molecule has 0 radical (unpaired) electrons. The third-order valence-corrected chi connectivity index (χ3v) is 12.5. The fourth-order valence-corrected chi connectivity index (χ4v) is 9.69. The van der Waals surface area contributed by atoms with Crippen molar-refractivity contribution in [2.24, 2.45) is 16.7 Å². The minimum absolute atomic E-state index is 0.173. The zero-order valence-corrected chi connectivity index (χ0v) is 30.9. The number of likely N-dealkylation sites (tertiary alicyclic amines) is 2. The maximum atomic E-state index is 13.7. The largest absolute Gasteiger partial charge is 0.456 e. The van der Waals surface area contributed by atoms with Gasteiger partial charge in [0.1, 0.15) is 11.6 Å². The molecular formula is C37H54N4O7S. The Balaban J connectivity index is 1.17. The number of carbonyl (C=O) groups is 4. The summed E-state index contributed by atoms with van der Waals surface area (Å²) in [6.45, 7) is 15.7. The molecule has 0 aromatic heterocycles. The van der Waals surface area contributed by atoms with Gasteiger partial charge in [0, 0.05) is 39.3 Å². The molecule has 3 aliphatic heterocycles. The molecule has 3 fully saturated rings. The highest BCUT2D eigenvalue weighted by molar-refractivity contribution is 7.91. The number of nitrogens with zero attached hydrogens (tertiary/aromatic N) is 3. The summed E-state index contributed by atoms with van der Waals surface area (Å²) in [5, 5.41) is 2.94. The summed E-state index contributed by atoms with van der Waals surface area (Å²) in [5.74, 6) is -1.12. The fourth-order valence-electron chi connectivity index (χ4n) is 8.42. The molecule has 1 aromatic carbocycles. The van der Waals surface area contributed by atoms with Crippen molar-refractivity contribution in [1.82, 2.24) is 20.0 Å². The van der Waals surface area contributed by atoms with Gasteiger partial charge < -0.3 is 24.8 Å². The van der Waals surface area contributed by atoms with Crippen LogP contribution in [-0.2, 0) is 29.0 Å².